The molecule has 0 heterocycles. The molecule has 4 aromatic carbocycles. The Labute approximate surface area is 252 Å². The second-order valence-corrected chi connectivity index (χ2v) is 9.79. The predicted octanol–water partition coefficient (Wildman–Crippen LogP) is 2.16. The van der Waals surface area contributed by atoms with Crippen LogP contribution in [0, 0.1) is 13.8 Å². The maximum Gasteiger partial charge on any atom is 4.00 e. The number of rotatable bonds is 4. The predicted molar refractivity (Wildman–Crippen MR) is 135 cm³/mol. The Balaban J connectivity index is 0. The minimum absolute atomic E-state index is 0. The molecule has 32 heavy (non-hydrogen) atoms. The van der Waals surface area contributed by atoms with E-state index in [1.54, 1.807) is 0 Å². The van der Waals surface area contributed by atoms with E-state index in [9.17, 15) is 0 Å². The van der Waals surface area contributed by atoms with Crippen molar-refractivity contribution in [2.75, 3.05) is 0 Å². The van der Waals surface area contributed by atoms with E-state index in [-0.39, 0.29) is 74.2 Å². The summed E-state index contributed by atoms with van der Waals surface area (Å²) in [5.41, 5.74) is 5.87. The molecule has 0 aromatic heterocycles. The second-order valence-electron chi connectivity index (χ2n) is 7.58. The SMILES string of the molecule is CC[SiH]CC.CCc1[cH-]c2ccccc2c1C.CCc1[cH-]c2ccccc2c1C.[I-].[I-].[Zr+4]. The van der Waals surface area contributed by atoms with Gasteiger partial charge in [0, 0.05) is 9.52 Å². The van der Waals surface area contributed by atoms with Crippen LogP contribution in [0.5, 0.6) is 0 Å². The van der Waals surface area contributed by atoms with E-state index in [1.165, 1.54) is 55.9 Å². The van der Waals surface area contributed by atoms with Crippen LogP contribution in [-0.2, 0) is 39.0 Å². The van der Waals surface area contributed by atoms with E-state index in [2.05, 4.69) is 102 Å². The average molecular weight is 747 g/mol. The second kappa shape index (κ2) is 18.5. The van der Waals surface area contributed by atoms with E-state index in [1.807, 2.05) is 0 Å². The van der Waals surface area contributed by atoms with Gasteiger partial charge in [-0.3, -0.25) is 0 Å². The van der Waals surface area contributed by atoms with Crippen LogP contribution >= 0.6 is 0 Å². The van der Waals surface area contributed by atoms with Gasteiger partial charge in [0.05, 0.1) is 0 Å². The molecule has 0 fully saturated rings. The first-order valence-electron chi connectivity index (χ1n) is 11.2. The summed E-state index contributed by atoms with van der Waals surface area (Å²) in [7, 11) is 0.815. The van der Waals surface area contributed by atoms with Gasteiger partial charge in [0.2, 0.25) is 0 Å². The first-order valence-corrected chi connectivity index (χ1v) is 12.8. The Bertz CT molecular complexity index is 935. The molecule has 171 valence electrons. The summed E-state index contributed by atoms with van der Waals surface area (Å²) in [5, 5.41) is 5.59. The minimum Gasteiger partial charge on any atom is -1.00 e. The van der Waals surface area contributed by atoms with Crippen molar-refractivity contribution in [3.05, 3.63) is 82.9 Å². The van der Waals surface area contributed by atoms with E-state index in [4.69, 9.17) is 0 Å². The molecule has 4 aromatic rings. The topological polar surface area (TPSA) is 0 Å². The number of fused-ring (bicyclic) bond motifs is 2. The van der Waals surface area contributed by atoms with Crippen molar-refractivity contribution in [1.82, 2.24) is 0 Å². The van der Waals surface area contributed by atoms with Gasteiger partial charge in [-0.25, -0.2) is 0 Å². The largest absolute Gasteiger partial charge is 4.00 e. The van der Waals surface area contributed by atoms with E-state index in [0.717, 1.165) is 22.4 Å². The summed E-state index contributed by atoms with van der Waals surface area (Å²) < 4.78 is 0. The molecule has 0 atom stereocenters. The van der Waals surface area contributed by atoms with Gasteiger partial charge in [-0.15, -0.1) is 81.2 Å². The van der Waals surface area contributed by atoms with Gasteiger partial charge in [-0.05, 0) is 12.8 Å². The normalized spacial score (nSPS) is 9.44. The standard InChI is InChI=1S/2C12H13.C4H11Si.2HI.Zr/c2*1-3-10-8-11-6-4-5-7-12(11)9(10)2;1-3-5-4-2;;;/h2*4-8H,3H2,1-2H3;5H,3-4H2,1-2H3;2*1H;/q2*-1;;;;+4/p-2. The maximum atomic E-state index is 2.30. The Hall–Kier alpha value is 0.220. The fourth-order valence-corrected chi connectivity index (χ4v) is 4.47. The van der Waals surface area contributed by atoms with Crippen LogP contribution in [-0.4, -0.2) is 9.52 Å². The molecule has 0 amide bonds. The van der Waals surface area contributed by atoms with Crippen LogP contribution in [0.15, 0.2) is 60.7 Å². The van der Waals surface area contributed by atoms with Crippen LogP contribution in [0.1, 0.15) is 49.9 Å². The van der Waals surface area contributed by atoms with Crippen molar-refractivity contribution >= 4 is 31.1 Å². The summed E-state index contributed by atoms with van der Waals surface area (Å²) >= 11 is 0. The van der Waals surface area contributed by atoms with Crippen molar-refractivity contribution in [3.63, 3.8) is 0 Å². The zero-order valence-electron chi connectivity index (χ0n) is 20.4. The van der Waals surface area contributed by atoms with E-state index in [0.29, 0.717) is 0 Å². The van der Waals surface area contributed by atoms with Gasteiger partial charge in [0.15, 0.2) is 0 Å². The molecule has 0 saturated carbocycles. The van der Waals surface area contributed by atoms with Gasteiger partial charge >= 0.3 is 26.2 Å². The third kappa shape index (κ3) is 9.46. The van der Waals surface area contributed by atoms with Crippen LogP contribution < -0.4 is 48.0 Å². The molecule has 0 aliphatic heterocycles. The monoisotopic (exact) mass is 745 g/mol. The van der Waals surface area contributed by atoms with Crippen molar-refractivity contribution in [2.45, 2.75) is 66.5 Å². The number of hydrogen-bond acceptors (Lipinski definition) is 0. The molecule has 0 saturated heterocycles. The first-order chi connectivity index (χ1) is 14.1. The number of halogens is 2. The number of aryl methyl sites for hydroxylation is 4. The minimum atomic E-state index is 0. The van der Waals surface area contributed by atoms with Crippen LogP contribution in [0.4, 0.5) is 0 Å². The van der Waals surface area contributed by atoms with Gasteiger partial charge in [-0.2, -0.15) is 11.1 Å². The van der Waals surface area contributed by atoms with Crippen molar-refractivity contribution in [1.29, 1.82) is 0 Å². The molecule has 1 radical (unpaired) electrons. The van der Waals surface area contributed by atoms with Crippen molar-refractivity contribution in [3.8, 4) is 0 Å². The molecule has 0 nitrogen and oxygen atoms in total. The Morgan fingerprint density at radius 3 is 1.22 bits per heavy atom. The zero-order valence-corrected chi connectivity index (χ0v) is 28.4. The van der Waals surface area contributed by atoms with Crippen molar-refractivity contribution < 1.29 is 74.2 Å². The molecular weight excluding hydrogens is 709 g/mol. The van der Waals surface area contributed by atoms with E-state index < -0.39 is 0 Å². The molecule has 4 rings (SSSR count). The maximum absolute atomic E-state index is 2.30. The van der Waals surface area contributed by atoms with Gasteiger partial charge in [0.1, 0.15) is 0 Å². The molecular formula is C28H37I2SiZr. The molecule has 0 unspecified atom stereocenters. The Kier molecular flexibility index (Phi) is 19.9. The molecule has 0 N–H and O–H groups in total. The number of benzene rings is 2. The van der Waals surface area contributed by atoms with Crippen LogP contribution in [0.3, 0.4) is 0 Å². The average Bonchev–Trinajstić information content (AvgIpc) is 3.26. The zero-order chi connectivity index (χ0) is 21.2. The summed E-state index contributed by atoms with van der Waals surface area (Å²) in [6.07, 6.45) is 2.28. The van der Waals surface area contributed by atoms with Gasteiger partial charge in [0.25, 0.3) is 0 Å². The smallest absolute Gasteiger partial charge is 1.00 e. The van der Waals surface area contributed by atoms with Crippen LogP contribution in [0.25, 0.3) is 21.5 Å². The van der Waals surface area contributed by atoms with Gasteiger partial charge in [-0.1, -0.05) is 65.8 Å². The summed E-state index contributed by atoms with van der Waals surface area (Å²) in [6, 6.07) is 24.6. The Morgan fingerprint density at radius 2 is 0.969 bits per heavy atom. The number of hydrogen-bond donors (Lipinski definition) is 0. The van der Waals surface area contributed by atoms with Crippen LogP contribution in [0.2, 0.25) is 12.1 Å². The fourth-order valence-electron chi connectivity index (χ4n) is 3.89. The quantitative estimate of drug-likeness (QED) is 0.171. The van der Waals surface area contributed by atoms with Gasteiger partial charge < -0.3 is 48.0 Å². The summed E-state index contributed by atoms with van der Waals surface area (Å²) in [5.74, 6) is 0. The third-order valence-corrected chi connectivity index (χ3v) is 6.85. The summed E-state index contributed by atoms with van der Waals surface area (Å²) in [6.45, 7) is 13.3. The molecule has 0 aliphatic carbocycles. The van der Waals surface area contributed by atoms with Crippen molar-refractivity contribution in [2.24, 2.45) is 0 Å². The summed E-state index contributed by atoms with van der Waals surface area (Å²) in [4.78, 5) is 0. The van der Waals surface area contributed by atoms with E-state index >= 15 is 0 Å². The molecule has 0 spiro atoms. The third-order valence-electron chi connectivity index (χ3n) is 5.69. The molecule has 4 heteroatoms. The molecule has 0 bridgehead atoms. The Morgan fingerprint density at radius 1 is 0.625 bits per heavy atom. The first kappa shape index (κ1) is 34.4. The fraction of sp³-hybridized carbons (Fsp3) is 0.357. The molecule has 0 aliphatic rings.